The predicted octanol–water partition coefficient (Wildman–Crippen LogP) is 3.12. The quantitative estimate of drug-likeness (QED) is 0.850. The summed E-state index contributed by atoms with van der Waals surface area (Å²) < 4.78 is 0. The zero-order valence-corrected chi connectivity index (χ0v) is 14.3. The first-order valence-electron chi connectivity index (χ1n) is 8.41. The van der Waals surface area contributed by atoms with E-state index in [0.29, 0.717) is 5.56 Å². The minimum absolute atomic E-state index is 0.370. The molecule has 1 heterocycles. The minimum Gasteiger partial charge on any atom is -0.369 e. The normalized spacial score (nSPS) is 15.1. The highest BCUT2D eigenvalue weighted by atomic mass is 16.1. The lowest BCUT2D eigenvalue weighted by molar-refractivity contribution is 0.100. The molecule has 124 valence electrons. The number of likely N-dealkylation sites (N-methyl/N-ethyl adjacent to an activating group) is 1. The highest BCUT2D eigenvalue weighted by Gasteiger charge is 2.14. The SMILES string of the molecule is CCCCCC.CN1CCN(c2ccc(C(N)=O)cc2)CC1. The van der Waals surface area contributed by atoms with Crippen LogP contribution in [-0.2, 0) is 0 Å². The summed E-state index contributed by atoms with van der Waals surface area (Å²) in [5.74, 6) is -0.370. The maximum atomic E-state index is 10.9. The van der Waals surface area contributed by atoms with Crippen LogP contribution < -0.4 is 10.6 Å². The molecule has 1 aromatic carbocycles. The molecule has 0 bridgehead atoms. The van der Waals surface area contributed by atoms with Gasteiger partial charge in [0.25, 0.3) is 0 Å². The molecule has 1 fully saturated rings. The topological polar surface area (TPSA) is 49.6 Å². The van der Waals surface area contributed by atoms with Crippen molar-refractivity contribution in [2.45, 2.75) is 39.5 Å². The number of amides is 1. The molecule has 22 heavy (non-hydrogen) atoms. The maximum Gasteiger partial charge on any atom is 0.248 e. The average Bonchev–Trinajstić information content (AvgIpc) is 2.54. The zero-order chi connectivity index (χ0) is 16.4. The first-order chi connectivity index (χ1) is 10.6. The van der Waals surface area contributed by atoms with Crippen molar-refractivity contribution in [3.8, 4) is 0 Å². The van der Waals surface area contributed by atoms with Crippen molar-refractivity contribution in [2.75, 3.05) is 38.1 Å². The van der Waals surface area contributed by atoms with Gasteiger partial charge in [0.2, 0.25) is 5.91 Å². The Morgan fingerprint density at radius 3 is 1.91 bits per heavy atom. The molecule has 4 heteroatoms. The Labute approximate surface area is 135 Å². The third kappa shape index (κ3) is 6.48. The molecule has 0 aromatic heterocycles. The number of primary amides is 1. The summed E-state index contributed by atoms with van der Waals surface area (Å²) in [7, 11) is 2.13. The lowest BCUT2D eigenvalue weighted by Crippen LogP contribution is -2.44. The fourth-order valence-electron chi connectivity index (χ4n) is 2.40. The van der Waals surface area contributed by atoms with E-state index in [2.05, 4.69) is 30.7 Å². The molecular formula is C18H31N3O. The summed E-state index contributed by atoms with van der Waals surface area (Å²) in [6.45, 7) is 8.69. The monoisotopic (exact) mass is 305 g/mol. The van der Waals surface area contributed by atoms with Crippen LogP contribution in [0.1, 0.15) is 49.9 Å². The summed E-state index contributed by atoms with van der Waals surface area (Å²) >= 11 is 0. The smallest absolute Gasteiger partial charge is 0.248 e. The molecule has 0 spiro atoms. The standard InChI is InChI=1S/C12H17N3O.C6H14/c1-14-6-8-15(9-7-14)11-4-2-10(3-5-11)12(13)16;1-3-5-6-4-2/h2-5H,6-9H2,1H3,(H2,13,16);3-6H2,1-2H3. The summed E-state index contributed by atoms with van der Waals surface area (Å²) in [5.41, 5.74) is 6.93. The van der Waals surface area contributed by atoms with Crippen LogP contribution in [-0.4, -0.2) is 44.0 Å². The molecular weight excluding hydrogens is 274 g/mol. The molecule has 1 amide bonds. The molecule has 1 aliphatic rings. The summed E-state index contributed by atoms with van der Waals surface area (Å²) in [6, 6.07) is 7.50. The molecule has 1 saturated heterocycles. The Balaban J connectivity index is 0.000000346. The van der Waals surface area contributed by atoms with E-state index in [0.717, 1.165) is 31.9 Å². The minimum atomic E-state index is -0.370. The van der Waals surface area contributed by atoms with Gasteiger partial charge in [-0.1, -0.05) is 39.5 Å². The molecule has 0 saturated carbocycles. The first kappa shape index (κ1) is 18.5. The molecule has 1 aromatic rings. The number of anilines is 1. The fraction of sp³-hybridized carbons (Fsp3) is 0.611. The highest BCUT2D eigenvalue weighted by molar-refractivity contribution is 5.93. The van der Waals surface area contributed by atoms with Gasteiger partial charge in [0.05, 0.1) is 0 Å². The van der Waals surface area contributed by atoms with Gasteiger partial charge < -0.3 is 15.5 Å². The second kappa shape index (κ2) is 10.2. The van der Waals surface area contributed by atoms with E-state index in [1.807, 2.05) is 12.1 Å². The maximum absolute atomic E-state index is 10.9. The number of carbonyl (C=O) groups is 1. The van der Waals surface area contributed by atoms with Gasteiger partial charge in [-0.05, 0) is 31.3 Å². The lowest BCUT2D eigenvalue weighted by Gasteiger charge is -2.34. The zero-order valence-electron chi connectivity index (χ0n) is 14.3. The van der Waals surface area contributed by atoms with Crippen molar-refractivity contribution in [2.24, 2.45) is 5.73 Å². The average molecular weight is 305 g/mol. The first-order valence-corrected chi connectivity index (χ1v) is 8.41. The molecule has 4 nitrogen and oxygen atoms in total. The van der Waals surface area contributed by atoms with Crippen LogP contribution in [0.2, 0.25) is 0 Å². The number of hydrogen-bond donors (Lipinski definition) is 1. The number of rotatable bonds is 5. The predicted molar refractivity (Wildman–Crippen MR) is 94.5 cm³/mol. The Hall–Kier alpha value is -1.55. The molecule has 2 rings (SSSR count). The summed E-state index contributed by atoms with van der Waals surface area (Å²) in [5, 5.41) is 0. The third-order valence-corrected chi connectivity index (χ3v) is 3.98. The second-order valence-electron chi connectivity index (χ2n) is 5.91. The van der Waals surface area contributed by atoms with Crippen LogP contribution in [0.5, 0.6) is 0 Å². The van der Waals surface area contributed by atoms with Crippen molar-refractivity contribution in [3.63, 3.8) is 0 Å². The van der Waals surface area contributed by atoms with E-state index in [1.165, 1.54) is 25.7 Å². The largest absolute Gasteiger partial charge is 0.369 e. The van der Waals surface area contributed by atoms with Gasteiger partial charge in [0.15, 0.2) is 0 Å². The van der Waals surface area contributed by atoms with Crippen LogP contribution in [0, 0.1) is 0 Å². The summed E-state index contributed by atoms with van der Waals surface area (Å²) in [4.78, 5) is 15.6. The van der Waals surface area contributed by atoms with Gasteiger partial charge in [-0.15, -0.1) is 0 Å². The van der Waals surface area contributed by atoms with Gasteiger partial charge in [0, 0.05) is 37.4 Å². The Morgan fingerprint density at radius 1 is 1.00 bits per heavy atom. The molecule has 0 aliphatic carbocycles. The van der Waals surface area contributed by atoms with Crippen LogP contribution in [0.25, 0.3) is 0 Å². The van der Waals surface area contributed by atoms with E-state index in [1.54, 1.807) is 12.1 Å². The number of hydrogen-bond acceptors (Lipinski definition) is 3. The van der Waals surface area contributed by atoms with Gasteiger partial charge in [-0.3, -0.25) is 4.79 Å². The number of nitrogens with two attached hydrogens (primary N) is 1. The van der Waals surface area contributed by atoms with E-state index in [4.69, 9.17) is 5.73 Å². The van der Waals surface area contributed by atoms with Gasteiger partial charge in [-0.2, -0.15) is 0 Å². The second-order valence-corrected chi connectivity index (χ2v) is 5.91. The molecule has 0 unspecified atom stereocenters. The third-order valence-electron chi connectivity index (χ3n) is 3.98. The number of piperazine rings is 1. The van der Waals surface area contributed by atoms with E-state index in [-0.39, 0.29) is 5.91 Å². The Bertz CT molecular complexity index is 418. The van der Waals surface area contributed by atoms with Crippen LogP contribution in [0.4, 0.5) is 5.69 Å². The van der Waals surface area contributed by atoms with Crippen LogP contribution in [0.15, 0.2) is 24.3 Å². The van der Waals surface area contributed by atoms with E-state index >= 15 is 0 Å². The number of benzene rings is 1. The van der Waals surface area contributed by atoms with Gasteiger partial charge in [0.1, 0.15) is 0 Å². The Morgan fingerprint density at radius 2 is 1.50 bits per heavy atom. The van der Waals surface area contributed by atoms with Crippen molar-refractivity contribution >= 4 is 11.6 Å². The van der Waals surface area contributed by atoms with Crippen LogP contribution in [0.3, 0.4) is 0 Å². The highest BCUT2D eigenvalue weighted by Crippen LogP contribution is 2.16. The number of carbonyl (C=O) groups excluding carboxylic acids is 1. The fourth-order valence-corrected chi connectivity index (χ4v) is 2.40. The Kier molecular flexibility index (Phi) is 8.60. The van der Waals surface area contributed by atoms with Crippen molar-refractivity contribution in [1.82, 2.24) is 4.90 Å². The number of nitrogens with zero attached hydrogens (tertiary/aromatic N) is 2. The lowest BCUT2D eigenvalue weighted by atomic mass is 10.1. The van der Waals surface area contributed by atoms with E-state index < -0.39 is 0 Å². The summed E-state index contributed by atoms with van der Waals surface area (Å²) in [6.07, 6.45) is 5.54. The van der Waals surface area contributed by atoms with Crippen molar-refractivity contribution in [1.29, 1.82) is 0 Å². The number of unbranched alkanes of at least 4 members (excludes halogenated alkanes) is 3. The van der Waals surface area contributed by atoms with Crippen LogP contribution >= 0.6 is 0 Å². The van der Waals surface area contributed by atoms with Gasteiger partial charge in [-0.25, -0.2) is 0 Å². The molecule has 1 aliphatic heterocycles. The van der Waals surface area contributed by atoms with Crippen molar-refractivity contribution < 1.29 is 4.79 Å². The van der Waals surface area contributed by atoms with Crippen molar-refractivity contribution in [3.05, 3.63) is 29.8 Å². The molecule has 0 radical (unpaired) electrons. The molecule has 2 N–H and O–H groups in total. The van der Waals surface area contributed by atoms with E-state index in [9.17, 15) is 4.79 Å². The van der Waals surface area contributed by atoms with Gasteiger partial charge >= 0.3 is 0 Å². The molecule has 0 atom stereocenters.